The van der Waals surface area contributed by atoms with Crippen LogP contribution in [0.3, 0.4) is 0 Å². The Morgan fingerprint density at radius 2 is 0.880 bits per heavy atom. The van der Waals surface area contributed by atoms with Gasteiger partial charge in [-0.05, 0) is 58.7 Å². The van der Waals surface area contributed by atoms with E-state index in [0.717, 1.165) is 33.0 Å². The molecule has 3 aliphatic rings. The first-order valence-corrected chi connectivity index (χ1v) is 24.7. The van der Waals surface area contributed by atoms with Crippen LogP contribution in [-0.2, 0) is 57.4 Å². The molecule has 390 valence electrons. The van der Waals surface area contributed by atoms with Crippen molar-refractivity contribution in [3.05, 3.63) is 106 Å². The summed E-state index contributed by atoms with van der Waals surface area (Å²) in [6, 6.07) is 23.3. The van der Waals surface area contributed by atoms with Crippen LogP contribution in [0.2, 0.25) is 0 Å². The average molecular weight is 1080 g/mol. The number of methoxy groups -OCH3 is 4. The first-order valence-electron chi connectivity index (χ1n) is 24.7. The quantitative estimate of drug-likeness (QED) is 0.0429. The maximum Gasteiger partial charge on any atom is 2.00 e. The van der Waals surface area contributed by atoms with Gasteiger partial charge < -0.3 is 81.8 Å². The molecular weight excluding hydrogens is 1020 g/mol. The van der Waals surface area contributed by atoms with E-state index in [-0.39, 0.29) is 32.7 Å². The molecule has 5 heterocycles. The van der Waals surface area contributed by atoms with Gasteiger partial charge in [-0.2, -0.15) is 0 Å². The van der Waals surface area contributed by atoms with Crippen molar-refractivity contribution in [2.24, 2.45) is 25.0 Å². The molecule has 75 heavy (non-hydrogen) atoms. The predicted molar refractivity (Wildman–Crippen MR) is 280 cm³/mol. The number of hydrogen-bond acceptors (Lipinski definition) is 17. The molecule has 0 amide bonds. The Kier molecular flexibility index (Phi) is 20.6. The number of ether oxygens (including phenoxy) is 12. The van der Waals surface area contributed by atoms with Crippen LogP contribution in [-0.4, -0.2) is 157 Å². The second-order valence-corrected chi connectivity index (χ2v) is 16.8. The van der Waals surface area contributed by atoms with Gasteiger partial charge in [-0.25, -0.2) is 9.98 Å². The van der Waals surface area contributed by atoms with E-state index < -0.39 is 0 Å². The molecule has 2 aromatic heterocycles. The van der Waals surface area contributed by atoms with Crippen molar-refractivity contribution >= 4 is 62.5 Å². The van der Waals surface area contributed by atoms with Crippen LogP contribution < -0.4 is 39.8 Å². The average Bonchev–Trinajstić information content (AvgIpc) is 4.20. The summed E-state index contributed by atoms with van der Waals surface area (Å²) in [4.78, 5) is 36.5. The Morgan fingerprint density at radius 1 is 0.413 bits per heavy atom. The molecule has 19 nitrogen and oxygen atoms in total. The normalized spacial score (nSPS) is 15.4. The van der Waals surface area contributed by atoms with Crippen molar-refractivity contribution in [3.8, 4) is 23.0 Å². The first kappa shape index (κ1) is 55.1. The fourth-order valence-corrected chi connectivity index (χ4v) is 8.58. The molecular formula is C55H61N7O12Zn. The molecule has 20 heteroatoms. The monoisotopic (exact) mass is 1080 g/mol. The Morgan fingerprint density at radius 3 is 1.47 bits per heavy atom. The zero-order chi connectivity index (χ0) is 50.9. The molecule has 0 aliphatic carbocycles. The maximum atomic E-state index is 6.43. The topological polar surface area (TPSA) is 201 Å². The maximum absolute atomic E-state index is 6.43. The summed E-state index contributed by atoms with van der Waals surface area (Å²) < 4.78 is 69.4. The largest absolute Gasteiger partial charge is 2.00 e. The molecule has 3 aliphatic heterocycles. The van der Waals surface area contributed by atoms with Crippen molar-refractivity contribution in [1.82, 2.24) is 9.97 Å². The fraction of sp³-hybridized carbons (Fsp3) is 0.400. The number of rotatable bonds is 28. The van der Waals surface area contributed by atoms with Crippen LogP contribution in [0.4, 0.5) is 11.6 Å². The van der Waals surface area contributed by atoms with E-state index in [1.165, 1.54) is 0 Å². The van der Waals surface area contributed by atoms with Gasteiger partial charge in [0.2, 0.25) is 0 Å². The second kappa shape index (κ2) is 28.1. The van der Waals surface area contributed by atoms with E-state index >= 15 is 0 Å². The number of aromatic nitrogens is 2. The number of aliphatic imine (C=N–C) groups is 4. The van der Waals surface area contributed by atoms with E-state index in [2.05, 4.69) is 6.08 Å². The van der Waals surface area contributed by atoms with Crippen LogP contribution in [0, 0.1) is 0 Å². The van der Waals surface area contributed by atoms with Gasteiger partial charge in [0.15, 0.2) is 0 Å². The molecule has 0 saturated carbocycles. The third-order valence-electron chi connectivity index (χ3n) is 12.0. The zero-order valence-electron chi connectivity index (χ0n) is 43.0. The zero-order valence-corrected chi connectivity index (χ0v) is 45.9. The first-order chi connectivity index (χ1) is 36.6. The minimum atomic E-state index is 0. The summed E-state index contributed by atoms with van der Waals surface area (Å²) in [5.74, 6) is 4.28. The molecule has 0 N–H and O–H groups in total. The molecule has 0 fully saturated rings. The summed E-state index contributed by atoms with van der Waals surface area (Å²) in [5, 5.41) is 3.67. The number of nitrogens with zero attached hydrogens (tertiary/aromatic N) is 7. The SMILES string of the molecule is COCCOCCOc1cccc2c1C1=N/C2=N\c2[n-]c(c3cccc(OCCOCCOC)c23)/N=C2\N=C(N=c3[n-]/c(c4cccc(OCCOCCOC)c34)=C/CC1)c1cccc(OCCOCCOC)c12.[Zn+2]. The predicted octanol–water partition coefficient (Wildman–Crippen LogP) is 5.69. The van der Waals surface area contributed by atoms with Gasteiger partial charge in [-0.3, -0.25) is 0 Å². The van der Waals surface area contributed by atoms with E-state index in [9.17, 15) is 0 Å². The summed E-state index contributed by atoms with van der Waals surface area (Å²) in [6.45, 7) is 6.29. The van der Waals surface area contributed by atoms with Crippen molar-refractivity contribution < 1.29 is 76.3 Å². The molecule has 6 aromatic rings. The molecule has 4 aromatic carbocycles. The van der Waals surface area contributed by atoms with Crippen LogP contribution in [0.25, 0.3) is 27.6 Å². The summed E-state index contributed by atoms with van der Waals surface area (Å²) in [5.41, 5.74) is 4.20. The third kappa shape index (κ3) is 13.4. The number of fused-ring (bicyclic) bond motifs is 18. The van der Waals surface area contributed by atoms with Crippen LogP contribution in [0.5, 0.6) is 23.0 Å². The van der Waals surface area contributed by atoms with Gasteiger partial charge in [0.05, 0.1) is 108 Å². The molecule has 0 radical (unpaired) electrons. The molecule has 9 rings (SSSR count). The second-order valence-electron chi connectivity index (χ2n) is 16.8. The van der Waals surface area contributed by atoms with Gasteiger partial charge >= 0.3 is 19.5 Å². The summed E-state index contributed by atoms with van der Waals surface area (Å²) in [6.07, 6.45) is 3.19. The van der Waals surface area contributed by atoms with Crippen LogP contribution in [0.15, 0.2) is 97.8 Å². The van der Waals surface area contributed by atoms with Gasteiger partial charge in [0, 0.05) is 67.5 Å². The van der Waals surface area contributed by atoms with Crippen molar-refractivity contribution in [2.75, 3.05) is 134 Å². The molecule has 0 saturated heterocycles. The van der Waals surface area contributed by atoms with E-state index in [1.807, 2.05) is 72.8 Å². The standard InChI is InChI=1S/C55H61N7O12.Zn/c1-63-20-24-67-28-32-71-42-16-6-11-37-46(42)41-15-9-14-40-36-10-5-17-43(72-33-29-68-25-21-64-2)47(36)53(56-40)59-51-38-12-7-19-45(74-35-31-70-27-23-66-4)49(38)55(60-51)62-52-39-13-8-18-44(73-34-30-69-26-22-65-3)48(39)54(61-52)58-50(37)57-41;/h5-8,10-14,16-19H,9,15,20-35H2,1-4H3;/q-2;+2/b40-14+,58-50-;. The minimum absolute atomic E-state index is 0. The van der Waals surface area contributed by atoms with Crippen molar-refractivity contribution in [3.63, 3.8) is 0 Å². The van der Waals surface area contributed by atoms with E-state index in [1.54, 1.807) is 28.4 Å². The smallest absolute Gasteiger partial charge is 0.491 e. The Labute approximate surface area is 447 Å². The molecule has 0 unspecified atom stereocenters. The Hall–Kier alpha value is -6.19. The summed E-state index contributed by atoms with van der Waals surface area (Å²) in [7, 11) is 6.56. The number of benzene rings is 4. The number of hydrogen-bond donors (Lipinski definition) is 0. The summed E-state index contributed by atoms with van der Waals surface area (Å²) >= 11 is 0. The molecule has 0 spiro atoms. The van der Waals surface area contributed by atoms with Crippen LogP contribution in [0.1, 0.15) is 35.1 Å². The van der Waals surface area contributed by atoms with Gasteiger partial charge in [-0.1, -0.05) is 54.6 Å². The third-order valence-corrected chi connectivity index (χ3v) is 12.0. The fourth-order valence-electron chi connectivity index (χ4n) is 8.58. The molecule has 8 bridgehead atoms. The molecule has 0 atom stereocenters. The van der Waals surface area contributed by atoms with Gasteiger partial charge in [-0.15, -0.1) is 0 Å². The van der Waals surface area contributed by atoms with Crippen molar-refractivity contribution in [1.29, 1.82) is 0 Å². The van der Waals surface area contributed by atoms with Gasteiger partial charge in [0.1, 0.15) is 49.4 Å². The minimum Gasteiger partial charge on any atom is -0.491 e. The number of amidine groups is 3. The van der Waals surface area contributed by atoms with E-state index in [4.69, 9.17) is 91.8 Å². The van der Waals surface area contributed by atoms with Crippen molar-refractivity contribution in [2.45, 2.75) is 12.8 Å². The van der Waals surface area contributed by atoms with Crippen LogP contribution >= 0.6 is 0 Å². The Balaban J connectivity index is 0.00000747. The van der Waals surface area contributed by atoms with E-state index in [0.29, 0.717) is 185 Å². The Bertz CT molecular complexity index is 3130. The van der Waals surface area contributed by atoms with Gasteiger partial charge in [0.25, 0.3) is 0 Å².